The number of carbonyl (C=O) groups excluding carboxylic acids is 4. The van der Waals surface area contributed by atoms with Crippen LogP contribution >= 0.6 is 0 Å². The number of nitrogens with zero attached hydrogens (tertiary/aromatic N) is 1. The Bertz CT molecular complexity index is 1160. The first kappa shape index (κ1) is 32.7. The molecule has 1 aromatic carbocycles. The second-order valence-electron chi connectivity index (χ2n) is 9.57. The van der Waals surface area contributed by atoms with Crippen LogP contribution in [0.4, 0.5) is 0 Å². The van der Waals surface area contributed by atoms with Crippen LogP contribution in [0.3, 0.4) is 0 Å². The number of phenolic OH excluding ortho intramolecular Hbond substituents is 1. The number of hydrogen-bond donors (Lipinski definition) is 9. The number of hydrogen-bond acceptors (Lipinski definition) is 9. The van der Waals surface area contributed by atoms with E-state index in [0.29, 0.717) is 30.6 Å². The molecule has 1 heterocycles. The molecule has 2 rings (SSSR count). The molecule has 12 N–H and O–H groups in total. The molecule has 0 spiro atoms. The lowest BCUT2D eigenvalue weighted by atomic mass is 10.0. The van der Waals surface area contributed by atoms with E-state index in [9.17, 15) is 34.2 Å². The topological polar surface area (TPSA) is 269 Å². The number of aromatic hydroxyl groups is 1. The first-order valence-electron chi connectivity index (χ1n) is 13.1. The number of carbonyl (C=O) groups is 5. The molecule has 15 nitrogen and oxygen atoms in total. The molecule has 0 aliphatic heterocycles. The predicted molar refractivity (Wildman–Crippen MR) is 147 cm³/mol. The number of amides is 4. The van der Waals surface area contributed by atoms with Gasteiger partial charge in [0.2, 0.25) is 23.6 Å². The van der Waals surface area contributed by atoms with Gasteiger partial charge >= 0.3 is 5.97 Å². The van der Waals surface area contributed by atoms with Crippen LogP contribution in [0, 0.1) is 0 Å². The minimum atomic E-state index is -1.32. The quantitative estimate of drug-likeness (QED) is 0.0897. The lowest BCUT2D eigenvalue weighted by molar-refractivity contribution is -0.142. The Morgan fingerprint density at radius 3 is 2.10 bits per heavy atom. The Hall–Kier alpha value is -4.50. The van der Waals surface area contributed by atoms with E-state index in [2.05, 4.69) is 25.9 Å². The van der Waals surface area contributed by atoms with Crippen LogP contribution in [-0.4, -0.2) is 80.5 Å². The van der Waals surface area contributed by atoms with E-state index in [4.69, 9.17) is 17.2 Å². The number of aromatic nitrogens is 2. The number of carboxylic acid groups (broad SMARTS) is 1. The van der Waals surface area contributed by atoms with Crippen LogP contribution in [0.25, 0.3) is 0 Å². The van der Waals surface area contributed by atoms with Gasteiger partial charge in [-0.15, -0.1) is 0 Å². The molecule has 0 radical (unpaired) electrons. The summed E-state index contributed by atoms with van der Waals surface area (Å²) in [6.45, 7) is 0.361. The van der Waals surface area contributed by atoms with Gasteiger partial charge in [0.15, 0.2) is 0 Å². The van der Waals surface area contributed by atoms with Gasteiger partial charge in [-0.2, -0.15) is 0 Å². The van der Waals surface area contributed by atoms with Gasteiger partial charge in [-0.25, -0.2) is 9.78 Å². The van der Waals surface area contributed by atoms with Crippen molar-refractivity contribution in [3.8, 4) is 5.75 Å². The molecular formula is C26H38N8O7. The normalized spacial score (nSPS) is 13.8. The maximum atomic E-state index is 13.4. The van der Waals surface area contributed by atoms with Gasteiger partial charge in [0.05, 0.1) is 12.4 Å². The van der Waals surface area contributed by atoms with Crippen molar-refractivity contribution >= 4 is 29.6 Å². The number of imidazole rings is 1. The smallest absolute Gasteiger partial charge is 0.326 e. The molecule has 0 bridgehead atoms. The molecular weight excluding hydrogens is 536 g/mol. The fraction of sp³-hybridized carbons (Fsp3) is 0.462. The molecule has 0 aliphatic carbocycles. The number of nitrogens with two attached hydrogens (primary N) is 3. The third kappa shape index (κ3) is 11.6. The fourth-order valence-electron chi connectivity index (χ4n) is 3.93. The molecule has 4 amide bonds. The second-order valence-corrected chi connectivity index (χ2v) is 9.57. The number of carboxylic acids is 1. The SMILES string of the molecule is NCCCCC(NC(=O)C(CCC(N)=O)NC(=O)C(Cc1cnc[nH]1)NC(=O)C(N)Cc1ccc(O)cc1)C(=O)O. The van der Waals surface area contributed by atoms with Gasteiger partial charge in [-0.05, 0) is 56.3 Å². The molecule has 15 heteroatoms. The van der Waals surface area contributed by atoms with E-state index < -0.39 is 53.8 Å². The summed E-state index contributed by atoms with van der Waals surface area (Å²) >= 11 is 0. The largest absolute Gasteiger partial charge is 0.508 e. The van der Waals surface area contributed by atoms with Crippen molar-refractivity contribution in [2.24, 2.45) is 17.2 Å². The molecule has 4 unspecified atom stereocenters. The Morgan fingerprint density at radius 1 is 0.878 bits per heavy atom. The number of unbranched alkanes of at least 4 members (excludes halogenated alkanes) is 1. The lowest BCUT2D eigenvalue weighted by Crippen LogP contribution is -2.58. The lowest BCUT2D eigenvalue weighted by Gasteiger charge is -2.25. The maximum absolute atomic E-state index is 13.4. The molecule has 0 saturated carbocycles. The zero-order valence-electron chi connectivity index (χ0n) is 22.5. The monoisotopic (exact) mass is 574 g/mol. The number of rotatable bonds is 18. The summed E-state index contributed by atoms with van der Waals surface area (Å²) < 4.78 is 0. The Balaban J connectivity index is 2.17. The number of aromatic amines is 1. The molecule has 0 aliphatic rings. The summed E-state index contributed by atoms with van der Waals surface area (Å²) in [4.78, 5) is 69.2. The minimum absolute atomic E-state index is 0.0372. The van der Waals surface area contributed by atoms with Gasteiger partial charge in [-0.3, -0.25) is 19.2 Å². The van der Waals surface area contributed by atoms with Gasteiger partial charge < -0.3 is 48.3 Å². The van der Waals surface area contributed by atoms with Crippen LogP contribution in [0.1, 0.15) is 43.4 Å². The molecule has 224 valence electrons. The molecule has 4 atom stereocenters. The van der Waals surface area contributed by atoms with E-state index in [1.807, 2.05) is 0 Å². The van der Waals surface area contributed by atoms with Crippen molar-refractivity contribution < 1.29 is 34.2 Å². The number of aliphatic carboxylic acids is 1. The summed E-state index contributed by atoms with van der Waals surface area (Å²) in [6, 6.07) is 1.32. The van der Waals surface area contributed by atoms with Crippen molar-refractivity contribution in [2.75, 3.05) is 6.54 Å². The van der Waals surface area contributed by atoms with E-state index in [1.165, 1.54) is 24.7 Å². The molecule has 0 fully saturated rings. The molecule has 41 heavy (non-hydrogen) atoms. The Kier molecular flexibility index (Phi) is 13.2. The number of H-pyrrole nitrogens is 1. The zero-order valence-corrected chi connectivity index (χ0v) is 22.5. The highest BCUT2D eigenvalue weighted by Crippen LogP contribution is 2.11. The van der Waals surface area contributed by atoms with Crippen LogP contribution in [-0.2, 0) is 36.8 Å². The van der Waals surface area contributed by atoms with E-state index in [0.717, 1.165) is 0 Å². The third-order valence-corrected chi connectivity index (χ3v) is 6.21. The second kappa shape index (κ2) is 16.6. The van der Waals surface area contributed by atoms with Crippen LogP contribution in [0.5, 0.6) is 5.75 Å². The minimum Gasteiger partial charge on any atom is -0.508 e. The molecule has 2 aromatic rings. The third-order valence-electron chi connectivity index (χ3n) is 6.21. The van der Waals surface area contributed by atoms with Crippen LogP contribution in [0.2, 0.25) is 0 Å². The highest BCUT2D eigenvalue weighted by atomic mass is 16.4. The van der Waals surface area contributed by atoms with Crippen molar-refractivity contribution in [2.45, 2.75) is 69.1 Å². The summed E-state index contributed by atoms with van der Waals surface area (Å²) in [7, 11) is 0. The first-order valence-corrected chi connectivity index (χ1v) is 13.1. The molecule has 0 saturated heterocycles. The first-order chi connectivity index (χ1) is 19.5. The van der Waals surface area contributed by atoms with Gasteiger partial charge in [-0.1, -0.05) is 12.1 Å². The number of phenols is 1. The Morgan fingerprint density at radius 2 is 1.51 bits per heavy atom. The van der Waals surface area contributed by atoms with Gasteiger partial charge in [0, 0.05) is 24.7 Å². The maximum Gasteiger partial charge on any atom is 0.326 e. The molecule has 1 aromatic heterocycles. The van der Waals surface area contributed by atoms with E-state index >= 15 is 0 Å². The Labute approximate surface area is 236 Å². The number of nitrogens with one attached hydrogen (secondary N) is 4. The van der Waals surface area contributed by atoms with E-state index in [1.54, 1.807) is 12.1 Å². The average Bonchev–Trinajstić information content (AvgIpc) is 3.44. The fourth-order valence-corrected chi connectivity index (χ4v) is 3.93. The van der Waals surface area contributed by atoms with Gasteiger partial charge in [0.1, 0.15) is 23.9 Å². The summed E-state index contributed by atoms with van der Waals surface area (Å²) in [6.07, 6.45) is 3.60. The summed E-state index contributed by atoms with van der Waals surface area (Å²) in [5, 5.41) is 26.5. The summed E-state index contributed by atoms with van der Waals surface area (Å²) in [5.41, 5.74) is 17.9. The number of primary amides is 1. The highest BCUT2D eigenvalue weighted by molar-refractivity contribution is 5.94. The van der Waals surface area contributed by atoms with Crippen molar-refractivity contribution in [3.63, 3.8) is 0 Å². The highest BCUT2D eigenvalue weighted by Gasteiger charge is 2.31. The number of benzene rings is 1. The zero-order chi connectivity index (χ0) is 30.4. The van der Waals surface area contributed by atoms with Crippen LogP contribution in [0.15, 0.2) is 36.8 Å². The average molecular weight is 575 g/mol. The van der Waals surface area contributed by atoms with Crippen molar-refractivity contribution in [3.05, 3.63) is 48.0 Å². The van der Waals surface area contributed by atoms with Crippen molar-refractivity contribution in [1.82, 2.24) is 25.9 Å². The standard InChI is InChI=1S/C26H38N8O7/c27-10-2-1-3-20(26(40)41)33-24(38)19(8-9-22(29)36)32-25(39)21(12-16-13-30-14-31-16)34-23(37)18(28)11-15-4-6-17(35)7-5-15/h4-7,13-14,18-21,35H,1-3,8-12,27-28H2,(H2,29,36)(H,30,31)(H,32,39)(H,33,38)(H,34,37)(H,40,41). The summed E-state index contributed by atoms with van der Waals surface area (Å²) in [5.74, 6) is -4.18. The van der Waals surface area contributed by atoms with Crippen molar-refractivity contribution in [1.29, 1.82) is 0 Å². The van der Waals surface area contributed by atoms with Gasteiger partial charge in [0.25, 0.3) is 0 Å². The van der Waals surface area contributed by atoms with Crippen LogP contribution < -0.4 is 33.2 Å². The predicted octanol–water partition coefficient (Wildman–Crippen LogP) is -1.84. The van der Waals surface area contributed by atoms with E-state index in [-0.39, 0.29) is 37.9 Å².